The number of hydrogen-bond donors (Lipinski definition) is 1. The number of thioether (sulfide) groups is 1. The smallest absolute Gasteiger partial charge is 0.146 e. The molecular weight excluding hydrogens is 249 g/mol. The molecule has 18 heavy (non-hydrogen) atoms. The average molecular weight is 269 g/mol. The van der Waals surface area contributed by atoms with Crippen molar-refractivity contribution in [2.45, 2.75) is 38.2 Å². The van der Waals surface area contributed by atoms with Crippen LogP contribution in [0.3, 0.4) is 0 Å². The second-order valence-electron chi connectivity index (χ2n) is 4.90. The van der Waals surface area contributed by atoms with E-state index in [2.05, 4.69) is 18.7 Å². The molecule has 0 aliphatic carbocycles. The van der Waals surface area contributed by atoms with Crippen LogP contribution in [0.25, 0.3) is 0 Å². The summed E-state index contributed by atoms with van der Waals surface area (Å²) < 4.78 is 14.1. The maximum Gasteiger partial charge on any atom is 0.146 e. The molecule has 1 N–H and O–H groups in total. The maximum atomic E-state index is 14.1. The molecule has 1 aliphatic heterocycles. The molecule has 1 saturated heterocycles. The number of nitrogens with zero attached hydrogens (tertiary/aromatic N) is 1. The molecule has 1 aromatic carbocycles. The van der Waals surface area contributed by atoms with Gasteiger partial charge in [-0.3, -0.25) is 0 Å². The molecule has 4 heteroatoms. The Bertz CT molecular complexity index is 424. The van der Waals surface area contributed by atoms with Gasteiger partial charge in [-0.25, -0.2) is 4.39 Å². The van der Waals surface area contributed by atoms with Crippen LogP contribution in [0.1, 0.15) is 32.4 Å². The zero-order valence-electron chi connectivity index (χ0n) is 11.1. The number of rotatable bonds is 2. The predicted molar refractivity (Wildman–Crippen MR) is 75.8 cm³/mol. The Morgan fingerprint density at radius 1 is 1.44 bits per heavy atom. The monoisotopic (exact) mass is 269 g/mol. The molecule has 2 unspecified atom stereocenters. The maximum absolute atomic E-state index is 14.1. The van der Waals surface area contributed by atoms with Crippen LogP contribution >= 0.6 is 11.8 Å². The molecular formula is C14H20FNOS. The lowest BCUT2D eigenvalue weighted by Crippen LogP contribution is -2.45. The zero-order valence-corrected chi connectivity index (χ0v) is 11.9. The molecule has 1 fully saturated rings. The van der Waals surface area contributed by atoms with Crippen LogP contribution < -0.4 is 4.90 Å². The summed E-state index contributed by atoms with van der Waals surface area (Å²) in [6, 6.07) is 5.37. The number of benzene rings is 1. The second kappa shape index (κ2) is 5.49. The molecule has 1 heterocycles. The fourth-order valence-electron chi connectivity index (χ4n) is 2.29. The number of anilines is 1. The topological polar surface area (TPSA) is 23.5 Å². The minimum Gasteiger partial charge on any atom is -0.389 e. The fraction of sp³-hybridized carbons (Fsp3) is 0.571. The molecule has 0 bridgehead atoms. The van der Waals surface area contributed by atoms with Gasteiger partial charge in [-0.15, -0.1) is 0 Å². The first-order valence-electron chi connectivity index (χ1n) is 6.36. The van der Waals surface area contributed by atoms with Crippen molar-refractivity contribution in [3.05, 3.63) is 29.6 Å². The fourth-order valence-corrected chi connectivity index (χ4v) is 3.39. The van der Waals surface area contributed by atoms with Gasteiger partial charge in [0.15, 0.2) is 0 Å². The minimum atomic E-state index is -0.623. The van der Waals surface area contributed by atoms with Gasteiger partial charge >= 0.3 is 0 Å². The quantitative estimate of drug-likeness (QED) is 0.892. The summed E-state index contributed by atoms with van der Waals surface area (Å²) in [5.41, 5.74) is 1.28. The van der Waals surface area contributed by atoms with Crippen LogP contribution in [0.15, 0.2) is 18.2 Å². The Labute approximate surface area is 112 Å². The van der Waals surface area contributed by atoms with Crippen molar-refractivity contribution in [2.24, 2.45) is 0 Å². The Morgan fingerprint density at radius 2 is 2.17 bits per heavy atom. The first-order valence-corrected chi connectivity index (χ1v) is 7.41. The largest absolute Gasteiger partial charge is 0.389 e. The number of hydrogen-bond acceptors (Lipinski definition) is 3. The highest BCUT2D eigenvalue weighted by atomic mass is 32.2. The van der Waals surface area contributed by atoms with Crippen LogP contribution in [-0.2, 0) is 0 Å². The van der Waals surface area contributed by atoms with Gasteiger partial charge in [0.2, 0.25) is 0 Å². The lowest BCUT2D eigenvalue weighted by Gasteiger charge is -2.39. The molecule has 3 atom stereocenters. The van der Waals surface area contributed by atoms with E-state index in [1.54, 1.807) is 13.0 Å². The molecule has 100 valence electrons. The number of aliphatic hydroxyl groups excluding tert-OH is 1. The molecule has 1 aromatic rings. The van der Waals surface area contributed by atoms with E-state index < -0.39 is 6.10 Å². The molecule has 0 saturated carbocycles. The van der Waals surface area contributed by atoms with Crippen LogP contribution in [0.4, 0.5) is 10.1 Å². The molecule has 0 spiro atoms. The first-order chi connectivity index (χ1) is 8.50. The van der Waals surface area contributed by atoms with E-state index in [-0.39, 0.29) is 5.82 Å². The highest BCUT2D eigenvalue weighted by molar-refractivity contribution is 8.00. The zero-order chi connectivity index (χ0) is 13.3. The van der Waals surface area contributed by atoms with Crippen molar-refractivity contribution < 1.29 is 9.50 Å². The number of aliphatic hydroxyl groups is 1. The molecule has 1 aliphatic rings. The summed E-state index contributed by atoms with van der Waals surface area (Å²) in [7, 11) is 0. The van der Waals surface area contributed by atoms with Crippen LogP contribution in [0, 0.1) is 5.82 Å². The van der Waals surface area contributed by atoms with E-state index in [1.165, 1.54) is 6.07 Å². The summed E-state index contributed by atoms with van der Waals surface area (Å²) in [4.78, 5) is 2.13. The van der Waals surface area contributed by atoms with Gasteiger partial charge < -0.3 is 10.0 Å². The van der Waals surface area contributed by atoms with Crippen molar-refractivity contribution in [3.8, 4) is 0 Å². The summed E-state index contributed by atoms with van der Waals surface area (Å²) in [5.74, 6) is 0.794. The van der Waals surface area contributed by atoms with E-state index in [1.807, 2.05) is 17.8 Å². The Kier molecular flexibility index (Phi) is 4.17. The Hall–Kier alpha value is -0.740. The molecule has 0 amide bonds. The third-order valence-corrected chi connectivity index (χ3v) is 4.99. The summed E-state index contributed by atoms with van der Waals surface area (Å²) in [6.07, 6.45) is -0.623. The minimum absolute atomic E-state index is 0.237. The summed E-state index contributed by atoms with van der Waals surface area (Å²) >= 11 is 1.93. The van der Waals surface area contributed by atoms with Gasteiger partial charge in [0.05, 0.1) is 11.8 Å². The number of halogens is 1. The van der Waals surface area contributed by atoms with Gasteiger partial charge in [-0.05, 0) is 31.5 Å². The van der Waals surface area contributed by atoms with Crippen molar-refractivity contribution in [1.29, 1.82) is 0 Å². The van der Waals surface area contributed by atoms with Crippen molar-refractivity contribution in [2.75, 3.05) is 17.2 Å². The van der Waals surface area contributed by atoms with Crippen molar-refractivity contribution in [3.63, 3.8) is 0 Å². The van der Waals surface area contributed by atoms with Gasteiger partial charge in [0.1, 0.15) is 5.82 Å². The first kappa shape index (κ1) is 13.7. The standard InChI is InChI=1S/C14H20FNOS/c1-9-11(3)18-7-6-16(9)14-5-4-12(10(2)17)8-13(14)15/h4-5,8-11,17H,6-7H2,1-3H3/t9?,10-,11?/m0/s1. The van der Waals surface area contributed by atoms with E-state index in [4.69, 9.17) is 0 Å². The van der Waals surface area contributed by atoms with Crippen LogP contribution in [0.2, 0.25) is 0 Å². The van der Waals surface area contributed by atoms with Gasteiger partial charge in [-0.1, -0.05) is 13.0 Å². The third kappa shape index (κ3) is 2.64. The highest BCUT2D eigenvalue weighted by Gasteiger charge is 2.27. The van der Waals surface area contributed by atoms with Gasteiger partial charge in [0.25, 0.3) is 0 Å². The van der Waals surface area contributed by atoms with Crippen molar-refractivity contribution in [1.82, 2.24) is 0 Å². The van der Waals surface area contributed by atoms with Gasteiger partial charge in [0, 0.05) is 23.6 Å². The molecule has 2 rings (SSSR count). The van der Waals surface area contributed by atoms with Crippen LogP contribution in [0.5, 0.6) is 0 Å². The van der Waals surface area contributed by atoms with Crippen molar-refractivity contribution >= 4 is 17.4 Å². The SMILES string of the molecule is CC1SCCN(c2ccc([C@H](C)O)cc2F)C1C. The Balaban J connectivity index is 2.27. The summed E-state index contributed by atoms with van der Waals surface area (Å²) in [6.45, 7) is 6.85. The third-order valence-electron chi connectivity index (χ3n) is 3.65. The second-order valence-corrected chi connectivity index (χ2v) is 6.38. The molecule has 0 radical (unpaired) electrons. The van der Waals surface area contributed by atoms with Crippen LogP contribution in [-0.4, -0.2) is 28.7 Å². The van der Waals surface area contributed by atoms with Gasteiger partial charge in [-0.2, -0.15) is 11.8 Å². The molecule has 0 aromatic heterocycles. The lowest BCUT2D eigenvalue weighted by atomic mass is 10.1. The predicted octanol–water partition coefficient (Wildman–Crippen LogP) is 3.21. The summed E-state index contributed by atoms with van der Waals surface area (Å²) in [5, 5.41) is 9.97. The molecule has 2 nitrogen and oxygen atoms in total. The van der Waals surface area contributed by atoms with E-state index in [0.29, 0.717) is 22.5 Å². The highest BCUT2D eigenvalue weighted by Crippen LogP contribution is 2.31. The van der Waals surface area contributed by atoms with E-state index in [0.717, 1.165) is 12.3 Å². The lowest BCUT2D eigenvalue weighted by molar-refractivity contribution is 0.199. The van der Waals surface area contributed by atoms with E-state index in [9.17, 15) is 9.50 Å². The Morgan fingerprint density at radius 3 is 2.78 bits per heavy atom. The average Bonchev–Trinajstić information content (AvgIpc) is 2.33. The normalized spacial score (nSPS) is 26.2. The van der Waals surface area contributed by atoms with E-state index >= 15 is 0 Å².